The van der Waals surface area contributed by atoms with Gasteiger partial charge in [-0.05, 0) is 32.8 Å². The molecule has 82 valence electrons. The highest BCUT2D eigenvalue weighted by Gasteiger charge is 1.94. The van der Waals surface area contributed by atoms with Crippen molar-refractivity contribution in [2.45, 2.75) is 26.7 Å². The summed E-state index contributed by atoms with van der Waals surface area (Å²) < 4.78 is 5.41. The van der Waals surface area contributed by atoms with Crippen LogP contribution in [-0.2, 0) is 4.74 Å². The fourth-order valence-electron chi connectivity index (χ4n) is 1.03. The molecule has 3 heteroatoms. The maximum absolute atomic E-state index is 8.55. The number of rotatable bonds is 8. The number of nitrogens with zero attached hydrogens (tertiary/aromatic N) is 1. The Morgan fingerprint density at radius 2 is 2.21 bits per heavy atom. The molecule has 0 unspecified atom stereocenters. The van der Waals surface area contributed by atoms with Crippen molar-refractivity contribution in [3.8, 4) is 0 Å². The van der Waals surface area contributed by atoms with Crippen LogP contribution in [0.3, 0.4) is 0 Å². The zero-order chi connectivity index (χ0) is 10.6. The van der Waals surface area contributed by atoms with Crippen LogP contribution in [0.5, 0.6) is 0 Å². The first-order valence-electron chi connectivity index (χ1n) is 5.19. The standard InChI is InChI=1S/C11H21NO2/c1-3-7-11(12-4-2)10-14-9-6-5-8-13/h3,7,13H,4-6,8-10H2,1-2H3. The maximum Gasteiger partial charge on any atom is 0.0883 e. The van der Waals surface area contributed by atoms with Crippen molar-refractivity contribution in [2.75, 3.05) is 26.4 Å². The minimum Gasteiger partial charge on any atom is -0.396 e. The Balaban J connectivity index is 3.56. The molecule has 0 fully saturated rings. The van der Waals surface area contributed by atoms with Gasteiger partial charge in [0.15, 0.2) is 0 Å². The van der Waals surface area contributed by atoms with E-state index in [4.69, 9.17) is 9.84 Å². The maximum atomic E-state index is 8.55. The lowest BCUT2D eigenvalue weighted by molar-refractivity contribution is 0.159. The van der Waals surface area contributed by atoms with Crippen molar-refractivity contribution in [3.63, 3.8) is 0 Å². The Morgan fingerprint density at radius 3 is 2.79 bits per heavy atom. The molecule has 0 heterocycles. The van der Waals surface area contributed by atoms with Gasteiger partial charge in [-0.25, -0.2) is 0 Å². The van der Waals surface area contributed by atoms with Crippen molar-refractivity contribution < 1.29 is 9.84 Å². The van der Waals surface area contributed by atoms with E-state index in [0.29, 0.717) is 13.2 Å². The van der Waals surface area contributed by atoms with Gasteiger partial charge in [0.05, 0.1) is 12.3 Å². The molecule has 14 heavy (non-hydrogen) atoms. The Kier molecular flexibility index (Phi) is 9.91. The molecule has 0 saturated carbocycles. The first kappa shape index (κ1) is 13.3. The van der Waals surface area contributed by atoms with E-state index in [0.717, 1.165) is 25.1 Å². The molecule has 0 saturated heterocycles. The van der Waals surface area contributed by atoms with Crippen molar-refractivity contribution in [1.29, 1.82) is 0 Å². The van der Waals surface area contributed by atoms with Gasteiger partial charge < -0.3 is 9.84 Å². The molecule has 0 bridgehead atoms. The first-order chi connectivity index (χ1) is 6.85. The second-order valence-corrected chi connectivity index (χ2v) is 2.95. The first-order valence-corrected chi connectivity index (χ1v) is 5.19. The number of ether oxygens (including phenoxy) is 1. The summed E-state index contributed by atoms with van der Waals surface area (Å²) in [5, 5.41) is 8.55. The Bertz CT molecular complexity index is 176. The molecule has 0 spiro atoms. The van der Waals surface area contributed by atoms with Crippen LogP contribution in [0.4, 0.5) is 0 Å². The second kappa shape index (κ2) is 10.4. The smallest absolute Gasteiger partial charge is 0.0883 e. The average Bonchev–Trinajstić information content (AvgIpc) is 2.18. The van der Waals surface area contributed by atoms with Gasteiger partial charge in [-0.3, -0.25) is 4.99 Å². The summed E-state index contributed by atoms with van der Waals surface area (Å²) in [6.07, 6.45) is 5.65. The topological polar surface area (TPSA) is 41.8 Å². The Morgan fingerprint density at radius 1 is 1.43 bits per heavy atom. The molecule has 0 atom stereocenters. The number of allylic oxidation sites excluding steroid dienone is 1. The van der Waals surface area contributed by atoms with E-state index in [2.05, 4.69) is 4.99 Å². The number of aliphatic imine (C=N–C) groups is 1. The molecule has 0 amide bonds. The predicted molar refractivity (Wildman–Crippen MR) is 59.9 cm³/mol. The zero-order valence-corrected chi connectivity index (χ0v) is 9.20. The summed E-state index contributed by atoms with van der Waals surface area (Å²) in [4.78, 5) is 4.29. The normalized spacial score (nSPS) is 12.6. The summed E-state index contributed by atoms with van der Waals surface area (Å²) in [6.45, 7) is 6.28. The van der Waals surface area contributed by atoms with Crippen LogP contribution >= 0.6 is 0 Å². The van der Waals surface area contributed by atoms with Crippen LogP contribution in [0.1, 0.15) is 26.7 Å². The number of hydrogen-bond donors (Lipinski definition) is 1. The number of hydrogen-bond acceptors (Lipinski definition) is 3. The van der Waals surface area contributed by atoms with E-state index in [1.54, 1.807) is 0 Å². The highest BCUT2D eigenvalue weighted by Crippen LogP contribution is 1.91. The Hall–Kier alpha value is -0.670. The molecule has 0 aliphatic rings. The SMILES string of the molecule is CC=CC(COCCCCO)=NCC. The Labute approximate surface area is 86.5 Å². The van der Waals surface area contributed by atoms with Crippen molar-refractivity contribution in [1.82, 2.24) is 0 Å². The minimum absolute atomic E-state index is 0.244. The van der Waals surface area contributed by atoms with Gasteiger partial charge in [-0.1, -0.05) is 6.08 Å². The molecule has 0 aromatic rings. The van der Waals surface area contributed by atoms with E-state index in [-0.39, 0.29) is 6.61 Å². The molecule has 0 aromatic carbocycles. The summed E-state index contributed by atoms with van der Waals surface area (Å²) in [6, 6.07) is 0. The average molecular weight is 199 g/mol. The van der Waals surface area contributed by atoms with E-state index < -0.39 is 0 Å². The van der Waals surface area contributed by atoms with Crippen molar-refractivity contribution in [3.05, 3.63) is 12.2 Å². The molecule has 0 aliphatic heterocycles. The highest BCUT2D eigenvalue weighted by molar-refractivity contribution is 5.95. The molecular weight excluding hydrogens is 178 g/mol. The van der Waals surface area contributed by atoms with Crippen molar-refractivity contribution in [2.24, 2.45) is 4.99 Å². The fraction of sp³-hybridized carbons (Fsp3) is 0.727. The largest absolute Gasteiger partial charge is 0.396 e. The van der Waals surface area contributed by atoms with E-state index in [9.17, 15) is 0 Å². The van der Waals surface area contributed by atoms with Gasteiger partial charge in [0, 0.05) is 19.8 Å². The summed E-state index contributed by atoms with van der Waals surface area (Å²) in [5.74, 6) is 0. The monoisotopic (exact) mass is 199 g/mol. The third-order valence-electron chi connectivity index (χ3n) is 1.67. The highest BCUT2D eigenvalue weighted by atomic mass is 16.5. The van der Waals surface area contributed by atoms with Gasteiger partial charge in [0.25, 0.3) is 0 Å². The second-order valence-electron chi connectivity index (χ2n) is 2.95. The lowest BCUT2D eigenvalue weighted by Crippen LogP contribution is -2.08. The fourth-order valence-corrected chi connectivity index (χ4v) is 1.03. The molecular formula is C11H21NO2. The zero-order valence-electron chi connectivity index (χ0n) is 9.20. The third-order valence-corrected chi connectivity index (χ3v) is 1.67. The quantitative estimate of drug-likeness (QED) is 0.478. The van der Waals surface area contributed by atoms with Crippen LogP contribution < -0.4 is 0 Å². The van der Waals surface area contributed by atoms with E-state index >= 15 is 0 Å². The van der Waals surface area contributed by atoms with E-state index in [1.165, 1.54) is 0 Å². The molecule has 3 nitrogen and oxygen atoms in total. The molecule has 1 N–H and O–H groups in total. The number of aliphatic hydroxyl groups excluding tert-OH is 1. The molecule has 0 rings (SSSR count). The van der Waals surface area contributed by atoms with E-state index in [1.807, 2.05) is 26.0 Å². The molecule has 0 radical (unpaired) electrons. The summed E-state index contributed by atoms with van der Waals surface area (Å²) >= 11 is 0. The number of unbranched alkanes of at least 4 members (excludes halogenated alkanes) is 1. The summed E-state index contributed by atoms with van der Waals surface area (Å²) in [7, 11) is 0. The summed E-state index contributed by atoms with van der Waals surface area (Å²) in [5.41, 5.74) is 0.985. The van der Waals surface area contributed by atoms with Crippen LogP contribution in [-0.4, -0.2) is 37.2 Å². The lowest BCUT2D eigenvalue weighted by Gasteiger charge is -2.03. The van der Waals surface area contributed by atoms with Gasteiger partial charge in [0.1, 0.15) is 0 Å². The van der Waals surface area contributed by atoms with Gasteiger partial charge in [0.2, 0.25) is 0 Å². The third kappa shape index (κ3) is 7.95. The van der Waals surface area contributed by atoms with Crippen molar-refractivity contribution >= 4 is 5.71 Å². The van der Waals surface area contributed by atoms with Gasteiger partial charge in [-0.2, -0.15) is 0 Å². The van der Waals surface area contributed by atoms with Crippen LogP contribution in [0.25, 0.3) is 0 Å². The molecule has 0 aliphatic carbocycles. The lowest BCUT2D eigenvalue weighted by atomic mass is 10.3. The number of aliphatic hydroxyl groups is 1. The molecule has 0 aromatic heterocycles. The van der Waals surface area contributed by atoms with Crippen LogP contribution in [0.15, 0.2) is 17.1 Å². The van der Waals surface area contributed by atoms with Gasteiger partial charge in [-0.15, -0.1) is 0 Å². The van der Waals surface area contributed by atoms with Crippen LogP contribution in [0, 0.1) is 0 Å². The van der Waals surface area contributed by atoms with Crippen LogP contribution in [0.2, 0.25) is 0 Å². The van der Waals surface area contributed by atoms with Gasteiger partial charge >= 0.3 is 0 Å². The predicted octanol–water partition coefficient (Wildman–Crippen LogP) is 1.81. The minimum atomic E-state index is 0.244.